The van der Waals surface area contributed by atoms with Crippen LogP contribution >= 0.6 is 0 Å². The number of fused-ring (bicyclic) bond motifs is 1. The van der Waals surface area contributed by atoms with Crippen LogP contribution in [-0.4, -0.2) is 17.0 Å². The van der Waals surface area contributed by atoms with Crippen molar-refractivity contribution >= 4 is 28.3 Å². The molecule has 19 heavy (non-hydrogen) atoms. The lowest BCUT2D eigenvalue weighted by Gasteiger charge is -2.07. The Morgan fingerprint density at radius 2 is 1.79 bits per heavy atom. The highest BCUT2D eigenvalue weighted by Crippen LogP contribution is 2.27. The Kier molecular flexibility index (Phi) is 2.79. The van der Waals surface area contributed by atoms with Gasteiger partial charge < -0.3 is 15.1 Å². The fraction of sp³-hybridized carbons (Fsp3) is 0.143. The molecule has 2 aromatic heterocycles. The van der Waals surface area contributed by atoms with Crippen molar-refractivity contribution in [3.05, 3.63) is 42.4 Å². The number of aryl methyl sites for hydroxylation is 1. The lowest BCUT2D eigenvalue weighted by molar-refractivity contribution is 0.600. The predicted molar refractivity (Wildman–Crippen MR) is 75.8 cm³/mol. The smallest absolute Gasteiger partial charge is 0.231 e. The third kappa shape index (κ3) is 2.10. The second-order valence-electron chi connectivity index (χ2n) is 4.27. The van der Waals surface area contributed by atoms with E-state index >= 15 is 0 Å². The molecule has 0 bridgehead atoms. The molecule has 2 heterocycles. The monoisotopic (exact) mass is 254 g/mol. The molecule has 1 aromatic carbocycles. The minimum atomic E-state index is 0.599. The summed E-state index contributed by atoms with van der Waals surface area (Å²) in [5.41, 5.74) is 3.66. The van der Waals surface area contributed by atoms with Crippen molar-refractivity contribution in [3.63, 3.8) is 0 Å². The van der Waals surface area contributed by atoms with E-state index in [9.17, 15) is 0 Å². The van der Waals surface area contributed by atoms with Gasteiger partial charge in [-0.05, 0) is 31.2 Å². The van der Waals surface area contributed by atoms with Gasteiger partial charge >= 0.3 is 0 Å². The number of rotatable bonds is 3. The molecule has 0 saturated heterocycles. The first-order valence-electron chi connectivity index (χ1n) is 6.01. The molecule has 0 spiro atoms. The quantitative estimate of drug-likeness (QED) is 0.750. The molecule has 3 rings (SSSR count). The molecule has 3 aromatic rings. The molecular weight excluding hydrogens is 240 g/mol. The SMILES string of the molecule is CNc1ccc(Nc2ncnc3occ(C)c23)cc1. The van der Waals surface area contributed by atoms with Gasteiger partial charge in [-0.3, -0.25) is 0 Å². The van der Waals surface area contributed by atoms with Crippen LogP contribution in [0, 0.1) is 6.92 Å². The topological polar surface area (TPSA) is 63.0 Å². The molecule has 0 atom stereocenters. The number of nitrogens with one attached hydrogen (secondary N) is 2. The van der Waals surface area contributed by atoms with Gasteiger partial charge in [0.2, 0.25) is 5.71 Å². The zero-order valence-corrected chi connectivity index (χ0v) is 10.8. The zero-order chi connectivity index (χ0) is 13.2. The van der Waals surface area contributed by atoms with Crippen LogP contribution in [0.2, 0.25) is 0 Å². The number of furan rings is 1. The van der Waals surface area contributed by atoms with E-state index < -0.39 is 0 Å². The van der Waals surface area contributed by atoms with Gasteiger partial charge in [-0.15, -0.1) is 0 Å². The van der Waals surface area contributed by atoms with Gasteiger partial charge in [0.15, 0.2) is 0 Å². The number of benzene rings is 1. The first-order chi connectivity index (χ1) is 9.28. The van der Waals surface area contributed by atoms with E-state index in [-0.39, 0.29) is 0 Å². The van der Waals surface area contributed by atoms with E-state index in [2.05, 4.69) is 20.6 Å². The Bertz CT molecular complexity index is 703. The van der Waals surface area contributed by atoms with Crippen molar-refractivity contribution < 1.29 is 4.42 Å². The maximum Gasteiger partial charge on any atom is 0.231 e. The lowest BCUT2D eigenvalue weighted by Crippen LogP contribution is -1.96. The summed E-state index contributed by atoms with van der Waals surface area (Å²) in [4.78, 5) is 8.38. The minimum Gasteiger partial charge on any atom is -0.446 e. The summed E-state index contributed by atoms with van der Waals surface area (Å²) in [5, 5.41) is 7.29. The number of anilines is 3. The van der Waals surface area contributed by atoms with Gasteiger partial charge in [-0.25, -0.2) is 9.97 Å². The lowest BCUT2D eigenvalue weighted by atomic mass is 10.2. The average Bonchev–Trinajstić information content (AvgIpc) is 2.83. The van der Waals surface area contributed by atoms with Gasteiger partial charge in [-0.2, -0.15) is 0 Å². The van der Waals surface area contributed by atoms with Crippen molar-refractivity contribution in [1.82, 2.24) is 9.97 Å². The Morgan fingerprint density at radius 1 is 1.05 bits per heavy atom. The number of hydrogen-bond acceptors (Lipinski definition) is 5. The summed E-state index contributed by atoms with van der Waals surface area (Å²) in [6, 6.07) is 8.00. The summed E-state index contributed by atoms with van der Waals surface area (Å²) >= 11 is 0. The summed E-state index contributed by atoms with van der Waals surface area (Å²) in [7, 11) is 1.89. The zero-order valence-electron chi connectivity index (χ0n) is 10.8. The Hall–Kier alpha value is -2.56. The van der Waals surface area contributed by atoms with E-state index in [0.29, 0.717) is 5.71 Å². The van der Waals surface area contributed by atoms with E-state index in [1.165, 1.54) is 6.33 Å². The summed E-state index contributed by atoms with van der Waals surface area (Å²) in [6.07, 6.45) is 3.18. The van der Waals surface area contributed by atoms with Crippen molar-refractivity contribution in [2.24, 2.45) is 0 Å². The molecule has 0 fully saturated rings. The highest BCUT2D eigenvalue weighted by molar-refractivity contribution is 5.90. The first-order valence-corrected chi connectivity index (χ1v) is 6.01. The van der Waals surface area contributed by atoms with Crippen LogP contribution in [0.1, 0.15) is 5.56 Å². The molecule has 5 nitrogen and oxygen atoms in total. The third-order valence-electron chi connectivity index (χ3n) is 2.99. The summed E-state index contributed by atoms with van der Waals surface area (Å²) in [5.74, 6) is 0.758. The molecule has 0 radical (unpaired) electrons. The van der Waals surface area contributed by atoms with Gasteiger partial charge in [0, 0.05) is 24.0 Å². The van der Waals surface area contributed by atoms with Gasteiger partial charge in [0.25, 0.3) is 0 Å². The molecular formula is C14H14N4O. The maximum absolute atomic E-state index is 5.36. The molecule has 0 aliphatic heterocycles. The molecule has 96 valence electrons. The van der Waals surface area contributed by atoms with E-state index in [1.54, 1.807) is 6.26 Å². The molecule has 2 N–H and O–H groups in total. The third-order valence-corrected chi connectivity index (χ3v) is 2.99. The van der Waals surface area contributed by atoms with Crippen LogP contribution in [-0.2, 0) is 0 Å². The highest BCUT2D eigenvalue weighted by Gasteiger charge is 2.10. The Balaban J connectivity index is 1.98. The normalized spacial score (nSPS) is 10.6. The number of nitrogens with zero attached hydrogens (tertiary/aromatic N) is 2. The molecule has 0 saturated carbocycles. The van der Waals surface area contributed by atoms with Gasteiger partial charge in [0.05, 0.1) is 11.6 Å². The van der Waals surface area contributed by atoms with Crippen LogP contribution in [0.5, 0.6) is 0 Å². The van der Waals surface area contributed by atoms with Crippen LogP contribution in [0.25, 0.3) is 11.1 Å². The Morgan fingerprint density at radius 3 is 2.53 bits per heavy atom. The standard InChI is InChI=1S/C14H14N4O/c1-9-7-19-14-12(9)13(16-8-17-14)18-11-5-3-10(15-2)4-6-11/h3-8,15H,1-2H3,(H,16,17,18). The average molecular weight is 254 g/mol. The van der Waals surface area contributed by atoms with Crippen molar-refractivity contribution in [1.29, 1.82) is 0 Å². The molecule has 0 aliphatic carbocycles. The molecule has 0 unspecified atom stereocenters. The molecule has 0 aliphatic rings. The van der Waals surface area contributed by atoms with Gasteiger partial charge in [-0.1, -0.05) is 0 Å². The predicted octanol–water partition coefficient (Wildman–Crippen LogP) is 3.32. The summed E-state index contributed by atoms with van der Waals surface area (Å²) < 4.78 is 5.36. The van der Waals surface area contributed by atoms with Crippen molar-refractivity contribution in [2.45, 2.75) is 6.92 Å². The second kappa shape index (κ2) is 4.61. The maximum atomic E-state index is 5.36. The highest BCUT2D eigenvalue weighted by atomic mass is 16.3. The number of hydrogen-bond donors (Lipinski definition) is 2. The van der Waals surface area contributed by atoms with Crippen molar-refractivity contribution in [3.8, 4) is 0 Å². The van der Waals surface area contributed by atoms with Gasteiger partial charge in [0.1, 0.15) is 12.1 Å². The number of aromatic nitrogens is 2. The van der Waals surface area contributed by atoms with E-state index in [1.807, 2.05) is 38.2 Å². The van der Waals surface area contributed by atoms with Crippen molar-refractivity contribution in [2.75, 3.05) is 17.7 Å². The second-order valence-corrected chi connectivity index (χ2v) is 4.27. The Labute approximate surface area is 110 Å². The van der Waals surface area contributed by atoms with E-state index in [4.69, 9.17) is 4.42 Å². The van der Waals surface area contributed by atoms with Crippen LogP contribution in [0.3, 0.4) is 0 Å². The first kappa shape index (κ1) is 11.5. The largest absolute Gasteiger partial charge is 0.446 e. The van der Waals surface area contributed by atoms with Crippen LogP contribution in [0.4, 0.5) is 17.2 Å². The van der Waals surface area contributed by atoms with E-state index in [0.717, 1.165) is 28.1 Å². The fourth-order valence-corrected chi connectivity index (χ4v) is 1.97. The van der Waals surface area contributed by atoms with Crippen LogP contribution < -0.4 is 10.6 Å². The molecule has 5 heteroatoms. The minimum absolute atomic E-state index is 0.599. The van der Waals surface area contributed by atoms with Crippen LogP contribution in [0.15, 0.2) is 41.3 Å². The summed E-state index contributed by atoms with van der Waals surface area (Å²) in [6.45, 7) is 1.98. The molecule has 0 amide bonds. The fourth-order valence-electron chi connectivity index (χ4n) is 1.97.